The van der Waals surface area contributed by atoms with Gasteiger partial charge in [-0.2, -0.15) is 0 Å². The van der Waals surface area contributed by atoms with Gasteiger partial charge in [-0.15, -0.1) is 0 Å². The molecule has 0 bridgehead atoms. The number of fused-ring (bicyclic) bond motifs is 1. The number of carbonyl (C=O) groups excluding carboxylic acids is 2. The second kappa shape index (κ2) is 7.45. The van der Waals surface area contributed by atoms with Crippen molar-refractivity contribution in [1.29, 1.82) is 0 Å². The van der Waals surface area contributed by atoms with Crippen LogP contribution in [0.15, 0.2) is 51.7 Å². The van der Waals surface area contributed by atoms with Crippen molar-refractivity contribution in [3.05, 3.63) is 64.0 Å². The number of rotatable bonds is 4. The number of hydrogen-bond donors (Lipinski definition) is 0. The minimum Gasteiger partial charge on any atom is -0.461 e. The lowest BCUT2D eigenvalue weighted by Crippen LogP contribution is -2.09. The van der Waals surface area contributed by atoms with Gasteiger partial charge >= 0.3 is 17.6 Å². The van der Waals surface area contributed by atoms with Gasteiger partial charge in [0.15, 0.2) is 0 Å². The predicted octanol–water partition coefficient (Wildman–Crippen LogP) is 3.76. The maximum atomic E-state index is 12.1. The largest absolute Gasteiger partial charge is 0.461 e. The second-order valence-corrected chi connectivity index (χ2v) is 6.09. The van der Waals surface area contributed by atoms with Crippen LogP contribution in [0.3, 0.4) is 0 Å². The highest BCUT2D eigenvalue weighted by molar-refractivity contribution is 5.96. The zero-order chi connectivity index (χ0) is 19.6. The van der Waals surface area contributed by atoms with Crippen LogP contribution in [0, 0.1) is 6.92 Å². The van der Waals surface area contributed by atoms with Crippen molar-refractivity contribution in [3.63, 3.8) is 0 Å². The molecule has 6 heteroatoms. The Balaban J connectivity index is 2.32. The van der Waals surface area contributed by atoms with E-state index >= 15 is 0 Å². The molecule has 0 unspecified atom stereocenters. The van der Waals surface area contributed by atoms with Crippen LogP contribution in [-0.4, -0.2) is 11.9 Å². The summed E-state index contributed by atoms with van der Waals surface area (Å²) in [5.41, 5.74) is 2.34. The third kappa shape index (κ3) is 3.89. The molecule has 0 fully saturated rings. The number of carbonyl (C=O) groups is 2. The molecule has 3 aromatic rings. The number of ether oxygens (including phenoxy) is 2. The van der Waals surface area contributed by atoms with E-state index in [0.717, 1.165) is 5.56 Å². The lowest BCUT2D eigenvalue weighted by Gasteiger charge is -2.15. The Morgan fingerprint density at radius 2 is 1.74 bits per heavy atom. The Morgan fingerprint density at radius 1 is 1.04 bits per heavy atom. The van der Waals surface area contributed by atoms with E-state index in [0.29, 0.717) is 27.7 Å². The van der Waals surface area contributed by atoms with E-state index in [2.05, 4.69) is 0 Å². The lowest BCUT2D eigenvalue weighted by molar-refractivity contribution is -0.142. The van der Waals surface area contributed by atoms with Gasteiger partial charge in [-0.3, -0.25) is 9.59 Å². The third-order valence-corrected chi connectivity index (χ3v) is 4.05. The summed E-state index contributed by atoms with van der Waals surface area (Å²) in [6.45, 7) is 4.20. The Hall–Kier alpha value is -3.41. The van der Waals surface area contributed by atoms with Gasteiger partial charge in [-0.25, -0.2) is 4.79 Å². The fraction of sp³-hybridized carbons (Fsp3) is 0.190. The molecule has 3 rings (SSSR count). The molecule has 0 saturated carbocycles. The molecule has 0 saturated heterocycles. The molecule has 0 spiro atoms. The van der Waals surface area contributed by atoms with Crippen LogP contribution in [-0.2, 0) is 20.9 Å². The van der Waals surface area contributed by atoms with E-state index in [1.165, 1.54) is 19.9 Å². The van der Waals surface area contributed by atoms with Gasteiger partial charge in [0.05, 0.1) is 0 Å². The van der Waals surface area contributed by atoms with Crippen LogP contribution in [0.1, 0.15) is 25.0 Å². The maximum Gasteiger partial charge on any atom is 0.336 e. The molecular formula is C21H18O6. The highest BCUT2D eigenvalue weighted by atomic mass is 16.5. The monoisotopic (exact) mass is 366 g/mol. The summed E-state index contributed by atoms with van der Waals surface area (Å²) in [6, 6.07) is 12.5. The van der Waals surface area contributed by atoms with E-state index in [1.807, 2.05) is 30.3 Å². The van der Waals surface area contributed by atoms with Crippen LogP contribution in [0.25, 0.3) is 22.1 Å². The molecule has 2 aromatic carbocycles. The Labute approximate surface area is 155 Å². The molecule has 27 heavy (non-hydrogen) atoms. The summed E-state index contributed by atoms with van der Waals surface area (Å²) >= 11 is 0. The van der Waals surface area contributed by atoms with Gasteiger partial charge in [0, 0.05) is 36.4 Å². The molecule has 0 aliphatic rings. The van der Waals surface area contributed by atoms with Gasteiger partial charge in [0.1, 0.15) is 17.9 Å². The van der Waals surface area contributed by atoms with Crippen LogP contribution < -0.4 is 10.4 Å². The van der Waals surface area contributed by atoms with Gasteiger partial charge in [0.25, 0.3) is 0 Å². The quantitative estimate of drug-likeness (QED) is 0.397. The molecule has 1 aromatic heterocycles. The average molecular weight is 366 g/mol. The van der Waals surface area contributed by atoms with Gasteiger partial charge in [-0.05, 0) is 24.1 Å². The van der Waals surface area contributed by atoms with Crippen LogP contribution in [0.2, 0.25) is 0 Å². The number of hydrogen-bond acceptors (Lipinski definition) is 6. The smallest absolute Gasteiger partial charge is 0.336 e. The van der Waals surface area contributed by atoms with Crippen molar-refractivity contribution in [2.24, 2.45) is 0 Å². The molecule has 0 aliphatic carbocycles. The highest BCUT2D eigenvalue weighted by Gasteiger charge is 2.19. The minimum absolute atomic E-state index is 0.0674. The van der Waals surface area contributed by atoms with Gasteiger partial charge in [-0.1, -0.05) is 30.3 Å². The molecular weight excluding hydrogens is 348 g/mol. The van der Waals surface area contributed by atoms with E-state index in [4.69, 9.17) is 13.9 Å². The second-order valence-electron chi connectivity index (χ2n) is 6.09. The van der Waals surface area contributed by atoms with Crippen molar-refractivity contribution in [2.45, 2.75) is 27.4 Å². The first-order valence-corrected chi connectivity index (χ1v) is 8.34. The first-order chi connectivity index (χ1) is 12.9. The molecule has 0 N–H and O–H groups in total. The summed E-state index contributed by atoms with van der Waals surface area (Å²) in [5.74, 6) is -0.753. The fourth-order valence-corrected chi connectivity index (χ4v) is 2.94. The number of esters is 2. The van der Waals surface area contributed by atoms with Crippen molar-refractivity contribution in [1.82, 2.24) is 0 Å². The molecule has 1 heterocycles. The molecule has 6 nitrogen and oxygen atoms in total. The van der Waals surface area contributed by atoms with Gasteiger partial charge in [0.2, 0.25) is 0 Å². The summed E-state index contributed by atoms with van der Waals surface area (Å²) in [7, 11) is 0. The van der Waals surface area contributed by atoms with Crippen molar-refractivity contribution >= 4 is 22.9 Å². The predicted molar refractivity (Wildman–Crippen MR) is 99.4 cm³/mol. The number of aryl methyl sites for hydroxylation is 1. The van der Waals surface area contributed by atoms with Crippen molar-refractivity contribution < 1.29 is 23.5 Å². The average Bonchev–Trinajstić information content (AvgIpc) is 2.63. The molecule has 0 radical (unpaired) electrons. The number of benzene rings is 2. The zero-order valence-electron chi connectivity index (χ0n) is 15.2. The van der Waals surface area contributed by atoms with Crippen LogP contribution in [0.4, 0.5) is 0 Å². The summed E-state index contributed by atoms with van der Waals surface area (Å²) in [4.78, 5) is 34.9. The zero-order valence-corrected chi connectivity index (χ0v) is 15.2. The van der Waals surface area contributed by atoms with E-state index < -0.39 is 17.6 Å². The SMILES string of the molecule is CC(=O)OCc1cc2c(-c3ccccc3)cc(=O)oc2c(C)c1OC(C)=O. The van der Waals surface area contributed by atoms with Crippen LogP contribution in [0.5, 0.6) is 5.75 Å². The summed E-state index contributed by atoms with van der Waals surface area (Å²) < 4.78 is 15.8. The molecule has 138 valence electrons. The van der Waals surface area contributed by atoms with Crippen LogP contribution >= 0.6 is 0 Å². The minimum atomic E-state index is -0.525. The highest BCUT2D eigenvalue weighted by Crippen LogP contribution is 2.36. The van der Waals surface area contributed by atoms with E-state index in [9.17, 15) is 14.4 Å². The topological polar surface area (TPSA) is 82.8 Å². The van der Waals surface area contributed by atoms with E-state index in [-0.39, 0.29) is 12.4 Å². The van der Waals surface area contributed by atoms with Gasteiger partial charge < -0.3 is 13.9 Å². The first kappa shape index (κ1) is 18.4. The summed E-state index contributed by atoms with van der Waals surface area (Å²) in [6.07, 6.45) is 0. The van der Waals surface area contributed by atoms with E-state index in [1.54, 1.807) is 13.0 Å². The molecule has 0 aliphatic heterocycles. The third-order valence-electron chi connectivity index (χ3n) is 4.05. The Bertz CT molecular complexity index is 1080. The standard InChI is InChI=1S/C21H18O6/c1-12-20(26-14(3)23)16(11-25-13(2)22)9-18-17(10-19(24)27-21(12)18)15-7-5-4-6-8-15/h4-10H,11H2,1-3H3. The summed E-state index contributed by atoms with van der Waals surface area (Å²) in [5, 5.41) is 0.663. The Morgan fingerprint density at radius 3 is 2.37 bits per heavy atom. The van der Waals surface area contributed by atoms with Crippen molar-refractivity contribution in [2.75, 3.05) is 0 Å². The maximum absolute atomic E-state index is 12.1. The normalized spacial score (nSPS) is 10.6. The molecule has 0 atom stereocenters. The molecule has 0 amide bonds. The Kier molecular flexibility index (Phi) is 5.07. The van der Waals surface area contributed by atoms with Crippen molar-refractivity contribution in [3.8, 4) is 16.9 Å². The lowest BCUT2D eigenvalue weighted by atomic mass is 9.97. The fourth-order valence-electron chi connectivity index (χ4n) is 2.94. The first-order valence-electron chi connectivity index (χ1n) is 8.34.